The minimum absolute atomic E-state index is 0.0571. The fourth-order valence-corrected chi connectivity index (χ4v) is 4.10. The predicted molar refractivity (Wildman–Crippen MR) is 118 cm³/mol. The molecule has 0 bridgehead atoms. The summed E-state index contributed by atoms with van der Waals surface area (Å²) >= 11 is 0. The number of anilines is 3. The maximum absolute atomic E-state index is 12.6. The van der Waals surface area contributed by atoms with E-state index in [0.29, 0.717) is 13.1 Å². The number of hydrogen-bond donors (Lipinski definition) is 1. The molecule has 0 atom stereocenters. The molecule has 0 unspecified atom stereocenters. The van der Waals surface area contributed by atoms with Crippen LogP contribution < -0.4 is 19.9 Å². The molecular weight excluding hydrogens is 364 g/mol. The lowest BCUT2D eigenvalue weighted by molar-refractivity contribution is 0.208. The molecule has 2 fully saturated rings. The molecule has 0 aromatic heterocycles. The summed E-state index contributed by atoms with van der Waals surface area (Å²) < 4.78 is 5.22. The summed E-state index contributed by atoms with van der Waals surface area (Å²) in [5.41, 5.74) is 3.31. The SMILES string of the molecule is COc1cccc(NC(=O)N2CCN(c3ccc(N4CCCCC4)cc3)CC2)c1. The molecule has 2 amide bonds. The van der Waals surface area contributed by atoms with Gasteiger partial charge in [-0.15, -0.1) is 0 Å². The van der Waals surface area contributed by atoms with Crippen molar-refractivity contribution in [1.29, 1.82) is 0 Å². The third-order valence-electron chi connectivity index (χ3n) is 5.82. The van der Waals surface area contributed by atoms with Crippen molar-refractivity contribution in [3.63, 3.8) is 0 Å². The van der Waals surface area contributed by atoms with Gasteiger partial charge in [-0.3, -0.25) is 0 Å². The summed E-state index contributed by atoms with van der Waals surface area (Å²) in [6.07, 6.45) is 3.94. The molecule has 4 rings (SSSR count). The number of carbonyl (C=O) groups is 1. The largest absolute Gasteiger partial charge is 0.497 e. The molecule has 0 aliphatic carbocycles. The molecule has 2 aliphatic rings. The molecular formula is C23H30N4O2. The third kappa shape index (κ3) is 4.75. The van der Waals surface area contributed by atoms with E-state index in [0.717, 1.165) is 24.5 Å². The number of methoxy groups -OCH3 is 1. The molecule has 2 saturated heterocycles. The Morgan fingerprint density at radius 1 is 0.828 bits per heavy atom. The number of hydrogen-bond acceptors (Lipinski definition) is 4. The number of piperazine rings is 1. The van der Waals surface area contributed by atoms with E-state index in [1.165, 1.54) is 43.7 Å². The molecule has 29 heavy (non-hydrogen) atoms. The Kier molecular flexibility index (Phi) is 6.08. The van der Waals surface area contributed by atoms with Crippen LogP contribution in [0.25, 0.3) is 0 Å². The standard InChI is InChI=1S/C23H30N4O2/c1-29-22-7-5-6-19(18-22)24-23(28)27-16-14-26(15-17-27)21-10-8-20(9-11-21)25-12-3-2-4-13-25/h5-11,18H,2-4,12-17H2,1H3,(H,24,28). The van der Waals surface area contributed by atoms with E-state index < -0.39 is 0 Å². The van der Waals surface area contributed by atoms with Gasteiger partial charge in [0, 0.05) is 62.4 Å². The van der Waals surface area contributed by atoms with E-state index >= 15 is 0 Å². The fraction of sp³-hybridized carbons (Fsp3) is 0.435. The normalized spacial score (nSPS) is 17.2. The van der Waals surface area contributed by atoms with Crippen LogP contribution in [0, 0.1) is 0 Å². The van der Waals surface area contributed by atoms with Crippen molar-refractivity contribution in [3.05, 3.63) is 48.5 Å². The Balaban J connectivity index is 1.30. The molecule has 2 heterocycles. The van der Waals surface area contributed by atoms with Gasteiger partial charge in [-0.05, 0) is 55.7 Å². The summed E-state index contributed by atoms with van der Waals surface area (Å²) in [6.45, 7) is 5.44. The van der Waals surface area contributed by atoms with Gasteiger partial charge in [0.05, 0.1) is 7.11 Å². The van der Waals surface area contributed by atoms with Crippen molar-refractivity contribution in [1.82, 2.24) is 4.90 Å². The number of nitrogens with one attached hydrogen (secondary N) is 1. The van der Waals surface area contributed by atoms with Crippen LogP contribution in [0.5, 0.6) is 5.75 Å². The van der Waals surface area contributed by atoms with Crippen LogP contribution in [0.15, 0.2) is 48.5 Å². The van der Waals surface area contributed by atoms with Crippen LogP contribution in [0.4, 0.5) is 21.9 Å². The summed E-state index contributed by atoms with van der Waals surface area (Å²) in [4.78, 5) is 19.3. The number of nitrogens with zero attached hydrogens (tertiary/aromatic N) is 3. The first-order chi connectivity index (χ1) is 14.2. The lowest BCUT2D eigenvalue weighted by atomic mass is 10.1. The Labute approximate surface area is 173 Å². The summed E-state index contributed by atoms with van der Waals surface area (Å²) in [5, 5.41) is 2.97. The zero-order valence-corrected chi connectivity index (χ0v) is 17.1. The van der Waals surface area contributed by atoms with E-state index in [4.69, 9.17) is 4.74 Å². The highest BCUT2D eigenvalue weighted by Crippen LogP contribution is 2.24. The highest BCUT2D eigenvalue weighted by molar-refractivity contribution is 5.89. The van der Waals surface area contributed by atoms with Crippen LogP contribution in [0.3, 0.4) is 0 Å². The van der Waals surface area contributed by atoms with Crippen molar-refractivity contribution in [3.8, 4) is 5.75 Å². The monoisotopic (exact) mass is 394 g/mol. The van der Waals surface area contributed by atoms with Gasteiger partial charge in [-0.1, -0.05) is 6.07 Å². The average molecular weight is 395 g/mol. The van der Waals surface area contributed by atoms with Crippen LogP contribution in [-0.2, 0) is 0 Å². The molecule has 2 aromatic rings. The van der Waals surface area contributed by atoms with Crippen molar-refractivity contribution in [2.24, 2.45) is 0 Å². The van der Waals surface area contributed by atoms with Crippen molar-refractivity contribution in [2.45, 2.75) is 19.3 Å². The first-order valence-electron chi connectivity index (χ1n) is 10.5. The number of carbonyl (C=O) groups excluding carboxylic acids is 1. The van der Waals surface area contributed by atoms with E-state index in [1.54, 1.807) is 7.11 Å². The second-order valence-corrected chi connectivity index (χ2v) is 7.70. The van der Waals surface area contributed by atoms with E-state index in [-0.39, 0.29) is 6.03 Å². The van der Waals surface area contributed by atoms with Gasteiger partial charge in [0.15, 0.2) is 0 Å². The van der Waals surface area contributed by atoms with Crippen LogP contribution in [-0.4, -0.2) is 57.3 Å². The molecule has 154 valence electrons. The maximum atomic E-state index is 12.6. The van der Waals surface area contributed by atoms with Crippen LogP contribution in [0.2, 0.25) is 0 Å². The lowest BCUT2D eigenvalue weighted by Gasteiger charge is -2.36. The molecule has 1 N–H and O–H groups in total. The molecule has 6 heteroatoms. The third-order valence-corrected chi connectivity index (χ3v) is 5.82. The average Bonchev–Trinajstić information content (AvgIpc) is 2.80. The van der Waals surface area contributed by atoms with E-state index in [9.17, 15) is 4.79 Å². The Morgan fingerprint density at radius 2 is 1.45 bits per heavy atom. The maximum Gasteiger partial charge on any atom is 0.321 e. The first kappa shape index (κ1) is 19.4. The van der Waals surface area contributed by atoms with Gasteiger partial charge in [0.1, 0.15) is 5.75 Å². The Hall–Kier alpha value is -2.89. The van der Waals surface area contributed by atoms with Crippen molar-refractivity contribution in [2.75, 3.05) is 61.5 Å². The topological polar surface area (TPSA) is 48.1 Å². The molecule has 2 aromatic carbocycles. The fourth-order valence-electron chi connectivity index (χ4n) is 4.10. The first-order valence-corrected chi connectivity index (χ1v) is 10.5. The van der Waals surface area contributed by atoms with Crippen LogP contribution >= 0.6 is 0 Å². The molecule has 0 saturated carbocycles. The summed E-state index contributed by atoms with van der Waals surface area (Å²) in [5.74, 6) is 0.737. The van der Waals surface area contributed by atoms with Crippen LogP contribution in [0.1, 0.15) is 19.3 Å². The Bertz CT molecular complexity index is 810. The number of piperidine rings is 1. The van der Waals surface area contributed by atoms with Gasteiger partial charge in [-0.25, -0.2) is 4.79 Å². The van der Waals surface area contributed by atoms with Crippen molar-refractivity contribution >= 4 is 23.1 Å². The lowest BCUT2D eigenvalue weighted by Crippen LogP contribution is -2.50. The smallest absolute Gasteiger partial charge is 0.321 e. The second kappa shape index (κ2) is 9.07. The minimum atomic E-state index is -0.0571. The van der Waals surface area contributed by atoms with Gasteiger partial charge in [-0.2, -0.15) is 0 Å². The van der Waals surface area contributed by atoms with E-state index in [1.807, 2.05) is 29.2 Å². The zero-order valence-electron chi connectivity index (χ0n) is 17.1. The molecule has 6 nitrogen and oxygen atoms in total. The van der Waals surface area contributed by atoms with Crippen molar-refractivity contribution < 1.29 is 9.53 Å². The number of ether oxygens (including phenoxy) is 1. The van der Waals surface area contributed by atoms with Gasteiger partial charge in [0.25, 0.3) is 0 Å². The molecule has 2 aliphatic heterocycles. The summed E-state index contributed by atoms with van der Waals surface area (Å²) in [7, 11) is 1.62. The number of rotatable bonds is 4. The Morgan fingerprint density at radius 3 is 2.07 bits per heavy atom. The number of benzene rings is 2. The number of amides is 2. The molecule has 0 radical (unpaired) electrons. The van der Waals surface area contributed by atoms with E-state index in [2.05, 4.69) is 39.4 Å². The zero-order chi connectivity index (χ0) is 20.1. The minimum Gasteiger partial charge on any atom is -0.497 e. The quantitative estimate of drug-likeness (QED) is 0.850. The number of urea groups is 1. The van der Waals surface area contributed by atoms with Gasteiger partial charge < -0.3 is 24.8 Å². The summed E-state index contributed by atoms with van der Waals surface area (Å²) in [6, 6.07) is 16.3. The van der Waals surface area contributed by atoms with Gasteiger partial charge >= 0.3 is 6.03 Å². The second-order valence-electron chi connectivity index (χ2n) is 7.70. The highest BCUT2D eigenvalue weighted by Gasteiger charge is 2.21. The predicted octanol–water partition coefficient (Wildman–Crippen LogP) is 4.04. The van der Waals surface area contributed by atoms with Gasteiger partial charge in [0.2, 0.25) is 0 Å². The highest BCUT2D eigenvalue weighted by atomic mass is 16.5. The molecule has 0 spiro atoms.